The lowest BCUT2D eigenvalue weighted by Crippen LogP contribution is -2.45. The molecule has 1 saturated carbocycles. The molecule has 1 heterocycles. The Morgan fingerprint density at radius 1 is 1.17 bits per heavy atom. The van der Waals surface area contributed by atoms with Crippen LogP contribution in [0.15, 0.2) is 24.3 Å². The maximum absolute atomic E-state index is 12.5. The smallest absolute Gasteiger partial charge is 0.311 e. The van der Waals surface area contributed by atoms with Gasteiger partial charge in [0.05, 0.1) is 13.0 Å². The van der Waals surface area contributed by atoms with Crippen molar-refractivity contribution in [1.29, 1.82) is 0 Å². The Bertz CT molecular complexity index is 748. The summed E-state index contributed by atoms with van der Waals surface area (Å²) in [6.45, 7) is 4.44. The van der Waals surface area contributed by atoms with E-state index in [-0.39, 0.29) is 25.0 Å². The van der Waals surface area contributed by atoms with E-state index in [9.17, 15) is 14.4 Å². The molecule has 0 aromatic heterocycles. The van der Waals surface area contributed by atoms with Gasteiger partial charge in [0.25, 0.3) is 5.91 Å². The number of nitrogens with one attached hydrogen (secondary N) is 1. The molecule has 1 aromatic carbocycles. The molecule has 4 atom stereocenters. The minimum absolute atomic E-state index is 0.0144. The number of esters is 1. The van der Waals surface area contributed by atoms with Crippen LogP contribution >= 0.6 is 0 Å². The number of amides is 2. The summed E-state index contributed by atoms with van der Waals surface area (Å²) >= 11 is 0. The molecule has 0 bridgehead atoms. The Morgan fingerprint density at radius 2 is 1.90 bits per heavy atom. The molecule has 1 aliphatic carbocycles. The first-order valence-corrected chi connectivity index (χ1v) is 10.3. The van der Waals surface area contributed by atoms with Crippen LogP contribution in [-0.2, 0) is 19.1 Å². The Hall–Kier alpha value is -2.57. The number of carbonyl (C=O) groups is 3. The number of methoxy groups -OCH3 is 1. The molecule has 1 aliphatic heterocycles. The molecule has 7 heteroatoms. The number of hydrogen-bond donors (Lipinski definition) is 1. The highest BCUT2D eigenvalue weighted by Crippen LogP contribution is 2.35. The molecule has 3 rings (SSSR count). The van der Waals surface area contributed by atoms with E-state index >= 15 is 0 Å². The first-order chi connectivity index (χ1) is 13.9. The van der Waals surface area contributed by atoms with E-state index < -0.39 is 17.8 Å². The fourth-order valence-electron chi connectivity index (χ4n) is 4.33. The molecule has 158 valence electrons. The lowest BCUT2D eigenvalue weighted by molar-refractivity contribution is -0.151. The van der Waals surface area contributed by atoms with Gasteiger partial charge in [0.2, 0.25) is 5.91 Å². The molecule has 7 nitrogen and oxygen atoms in total. The van der Waals surface area contributed by atoms with Crippen LogP contribution in [0.1, 0.15) is 39.5 Å². The van der Waals surface area contributed by atoms with Crippen LogP contribution in [0.25, 0.3) is 0 Å². The highest BCUT2D eigenvalue weighted by Gasteiger charge is 2.42. The predicted octanol–water partition coefficient (Wildman–Crippen LogP) is 2.85. The van der Waals surface area contributed by atoms with Gasteiger partial charge in [0.1, 0.15) is 5.75 Å². The zero-order chi connectivity index (χ0) is 21.0. The van der Waals surface area contributed by atoms with Crippen LogP contribution in [0.5, 0.6) is 5.75 Å². The van der Waals surface area contributed by atoms with E-state index in [1.807, 2.05) is 4.90 Å². The summed E-state index contributed by atoms with van der Waals surface area (Å²) in [7, 11) is 1.57. The van der Waals surface area contributed by atoms with Crippen LogP contribution in [0.3, 0.4) is 0 Å². The second kappa shape index (κ2) is 9.29. The van der Waals surface area contributed by atoms with Crippen LogP contribution in [-0.4, -0.2) is 49.0 Å². The maximum atomic E-state index is 12.5. The van der Waals surface area contributed by atoms with Gasteiger partial charge in [-0.25, -0.2) is 0 Å². The van der Waals surface area contributed by atoms with E-state index in [0.29, 0.717) is 29.8 Å². The number of anilines is 1. The topological polar surface area (TPSA) is 84.9 Å². The molecule has 1 aromatic rings. The predicted molar refractivity (Wildman–Crippen MR) is 108 cm³/mol. The largest absolute Gasteiger partial charge is 0.497 e. The van der Waals surface area contributed by atoms with Crippen LogP contribution in [0, 0.1) is 17.8 Å². The summed E-state index contributed by atoms with van der Waals surface area (Å²) in [6.07, 6.45) is 3.45. The summed E-state index contributed by atoms with van der Waals surface area (Å²) in [5, 5.41) is 2.67. The van der Waals surface area contributed by atoms with Crippen LogP contribution in [0.4, 0.5) is 5.69 Å². The first-order valence-electron chi connectivity index (χ1n) is 10.3. The van der Waals surface area contributed by atoms with E-state index in [1.165, 1.54) is 6.42 Å². The van der Waals surface area contributed by atoms with Gasteiger partial charge in [-0.2, -0.15) is 0 Å². The van der Waals surface area contributed by atoms with Crippen molar-refractivity contribution in [3.63, 3.8) is 0 Å². The molecule has 2 aliphatic rings. The molecule has 29 heavy (non-hydrogen) atoms. The SMILES string of the molecule is COc1ccc(NC(=O)COC(=O)[C@@H]2CC(=O)N([C@@H]3CCC[C@H](C)[C@H]3C)C2)cc1. The van der Waals surface area contributed by atoms with Crippen molar-refractivity contribution in [1.82, 2.24) is 4.90 Å². The van der Waals surface area contributed by atoms with Gasteiger partial charge in [0.15, 0.2) is 6.61 Å². The lowest BCUT2D eigenvalue weighted by Gasteiger charge is -2.39. The normalized spacial score (nSPS) is 26.9. The van der Waals surface area contributed by atoms with Gasteiger partial charge in [-0.1, -0.05) is 26.7 Å². The van der Waals surface area contributed by atoms with Crippen molar-refractivity contribution < 1.29 is 23.9 Å². The fraction of sp³-hybridized carbons (Fsp3) is 0.591. The lowest BCUT2D eigenvalue weighted by atomic mass is 9.77. The average Bonchev–Trinajstić information content (AvgIpc) is 3.10. The summed E-state index contributed by atoms with van der Waals surface area (Å²) in [5.41, 5.74) is 0.592. The third kappa shape index (κ3) is 5.08. The van der Waals surface area contributed by atoms with Gasteiger partial charge in [-0.05, 0) is 42.5 Å². The summed E-state index contributed by atoms with van der Waals surface area (Å²) in [6, 6.07) is 7.07. The number of ether oxygens (including phenoxy) is 2. The summed E-state index contributed by atoms with van der Waals surface area (Å²) in [4.78, 5) is 38.8. The highest BCUT2D eigenvalue weighted by atomic mass is 16.5. The number of rotatable bonds is 6. The van der Waals surface area contributed by atoms with Gasteiger partial charge < -0.3 is 19.7 Å². The Balaban J connectivity index is 1.48. The van der Waals surface area contributed by atoms with E-state index in [0.717, 1.165) is 12.8 Å². The quantitative estimate of drug-likeness (QED) is 0.740. The van der Waals surface area contributed by atoms with Gasteiger partial charge in [-0.3, -0.25) is 14.4 Å². The minimum Gasteiger partial charge on any atom is -0.497 e. The minimum atomic E-state index is -0.499. The Labute approximate surface area is 171 Å². The van der Waals surface area contributed by atoms with Crippen molar-refractivity contribution in [2.45, 2.75) is 45.6 Å². The summed E-state index contributed by atoms with van der Waals surface area (Å²) < 4.78 is 10.3. The zero-order valence-corrected chi connectivity index (χ0v) is 17.3. The van der Waals surface area contributed by atoms with Crippen molar-refractivity contribution in [2.24, 2.45) is 17.8 Å². The Morgan fingerprint density at radius 3 is 2.59 bits per heavy atom. The number of hydrogen-bond acceptors (Lipinski definition) is 5. The second-order valence-corrected chi connectivity index (χ2v) is 8.17. The van der Waals surface area contributed by atoms with Crippen molar-refractivity contribution in [3.8, 4) is 5.75 Å². The van der Waals surface area contributed by atoms with E-state index in [2.05, 4.69) is 19.2 Å². The first kappa shape index (κ1) is 21.1. The molecular weight excluding hydrogens is 372 g/mol. The third-order valence-corrected chi connectivity index (χ3v) is 6.28. The monoisotopic (exact) mass is 402 g/mol. The van der Waals surface area contributed by atoms with E-state index in [4.69, 9.17) is 9.47 Å². The van der Waals surface area contributed by atoms with Gasteiger partial charge in [0, 0.05) is 24.7 Å². The molecule has 2 fully saturated rings. The second-order valence-electron chi connectivity index (χ2n) is 8.17. The maximum Gasteiger partial charge on any atom is 0.311 e. The highest BCUT2D eigenvalue weighted by molar-refractivity contribution is 5.93. The molecule has 1 N–H and O–H groups in total. The Kier molecular flexibility index (Phi) is 6.77. The van der Waals surface area contributed by atoms with Crippen LogP contribution in [0.2, 0.25) is 0 Å². The standard InChI is InChI=1S/C22H30N2O5/c1-14-5-4-6-19(15(14)2)24-12-16(11-21(24)26)22(27)29-13-20(25)23-17-7-9-18(28-3)10-8-17/h7-10,14-16,19H,4-6,11-13H2,1-3H3,(H,23,25)/t14-,15+,16+,19+/m0/s1. The van der Waals surface area contributed by atoms with E-state index in [1.54, 1.807) is 31.4 Å². The molecular formula is C22H30N2O5. The van der Waals surface area contributed by atoms with Gasteiger partial charge >= 0.3 is 5.97 Å². The fourth-order valence-corrected chi connectivity index (χ4v) is 4.33. The number of nitrogens with zero attached hydrogens (tertiary/aromatic N) is 1. The van der Waals surface area contributed by atoms with Crippen molar-refractivity contribution in [3.05, 3.63) is 24.3 Å². The zero-order valence-electron chi connectivity index (χ0n) is 17.3. The molecule has 0 radical (unpaired) electrons. The third-order valence-electron chi connectivity index (χ3n) is 6.28. The molecule has 1 saturated heterocycles. The van der Waals surface area contributed by atoms with Crippen molar-refractivity contribution >= 4 is 23.5 Å². The van der Waals surface area contributed by atoms with Crippen LogP contribution < -0.4 is 10.1 Å². The number of carbonyl (C=O) groups excluding carboxylic acids is 3. The number of likely N-dealkylation sites (tertiary alicyclic amines) is 1. The van der Waals surface area contributed by atoms with Gasteiger partial charge in [-0.15, -0.1) is 0 Å². The molecule has 2 amide bonds. The average molecular weight is 402 g/mol. The van der Waals surface area contributed by atoms with Crippen molar-refractivity contribution in [2.75, 3.05) is 25.6 Å². The summed E-state index contributed by atoms with van der Waals surface area (Å²) in [5.74, 6) is 0.307. The molecule has 0 spiro atoms. The molecule has 0 unspecified atom stereocenters. The number of benzene rings is 1.